The number of carbonyl (C=O) groups is 1. The molecule has 2 aliphatic rings. The predicted octanol–water partition coefficient (Wildman–Crippen LogP) is 0.374. The Labute approximate surface area is 115 Å². The van der Waals surface area contributed by atoms with Crippen molar-refractivity contribution in [2.75, 3.05) is 32.8 Å². The Bertz CT molecular complexity index is 292. The van der Waals surface area contributed by atoms with E-state index < -0.39 is 0 Å². The zero-order valence-corrected chi connectivity index (χ0v) is 11.8. The summed E-state index contributed by atoms with van der Waals surface area (Å²) < 4.78 is 5.56. The second-order valence-corrected chi connectivity index (χ2v) is 5.80. The van der Waals surface area contributed by atoms with Crippen LogP contribution < -0.4 is 5.32 Å². The summed E-state index contributed by atoms with van der Waals surface area (Å²) >= 11 is 0. The van der Waals surface area contributed by atoms with Gasteiger partial charge < -0.3 is 20.1 Å². The standard InChI is InChI=1S/C14H26N2O3/c1-11-8-16(9-13(10-17)19-11)14(18)5-4-12-3-2-6-15-7-12/h11-13,15,17H,2-10H2,1H3. The highest BCUT2D eigenvalue weighted by molar-refractivity contribution is 5.76. The molecular formula is C14H26N2O3. The molecule has 0 aromatic carbocycles. The Morgan fingerprint density at radius 1 is 1.47 bits per heavy atom. The number of morpholine rings is 1. The Hall–Kier alpha value is -0.650. The maximum absolute atomic E-state index is 12.2. The first kappa shape index (κ1) is 14.8. The van der Waals surface area contributed by atoms with E-state index in [1.54, 1.807) is 0 Å². The van der Waals surface area contributed by atoms with Crippen LogP contribution >= 0.6 is 0 Å². The summed E-state index contributed by atoms with van der Waals surface area (Å²) in [4.78, 5) is 14.1. The summed E-state index contributed by atoms with van der Waals surface area (Å²) in [6.45, 7) is 5.28. The SMILES string of the molecule is CC1CN(C(=O)CCC2CCCNC2)CC(CO)O1. The Kier molecular flexibility index (Phi) is 5.60. The van der Waals surface area contributed by atoms with E-state index in [-0.39, 0.29) is 24.7 Å². The fourth-order valence-corrected chi connectivity index (χ4v) is 3.01. The average Bonchev–Trinajstić information content (AvgIpc) is 2.45. The number of rotatable bonds is 4. The van der Waals surface area contributed by atoms with Crippen molar-refractivity contribution in [1.82, 2.24) is 10.2 Å². The minimum atomic E-state index is -0.218. The molecule has 3 unspecified atom stereocenters. The molecule has 0 aromatic rings. The van der Waals surface area contributed by atoms with Gasteiger partial charge in [0.05, 0.1) is 18.8 Å². The van der Waals surface area contributed by atoms with Crippen LogP contribution in [0.5, 0.6) is 0 Å². The van der Waals surface area contributed by atoms with Crippen molar-refractivity contribution in [2.45, 2.75) is 44.8 Å². The third-order valence-corrected chi connectivity index (χ3v) is 4.05. The molecule has 110 valence electrons. The number of carbonyl (C=O) groups excluding carboxylic acids is 1. The lowest BCUT2D eigenvalue weighted by atomic mass is 9.94. The van der Waals surface area contributed by atoms with Gasteiger partial charge in [-0.25, -0.2) is 0 Å². The normalized spacial score (nSPS) is 32.3. The smallest absolute Gasteiger partial charge is 0.222 e. The lowest BCUT2D eigenvalue weighted by Gasteiger charge is -2.36. The molecule has 0 saturated carbocycles. The second-order valence-electron chi connectivity index (χ2n) is 5.80. The zero-order valence-electron chi connectivity index (χ0n) is 11.8. The molecule has 2 N–H and O–H groups in total. The highest BCUT2D eigenvalue weighted by Gasteiger charge is 2.28. The summed E-state index contributed by atoms with van der Waals surface area (Å²) in [6.07, 6.45) is 3.85. The third-order valence-electron chi connectivity index (χ3n) is 4.05. The van der Waals surface area contributed by atoms with Crippen LogP contribution in [-0.2, 0) is 9.53 Å². The molecule has 2 rings (SSSR count). The number of hydrogen-bond acceptors (Lipinski definition) is 4. The van der Waals surface area contributed by atoms with E-state index in [1.165, 1.54) is 12.8 Å². The van der Waals surface area contributed by atoms with Crippen LogP contribution in [0.3, 0.4) is 0 Å². The minimum Gasteiger partial charge on any atom is -0.394 e. The molecule has 2 heterocycles. The predicted molar refractivity (Wildman–Crippen MR) is 72.8 cm³/mol. The van der Waals surface area contributed by atoms with E-state index in [0.29, 0.717) is 25.4 Å². The van der Waals surface area contributed by atoms with E-state index in [9.17, 15) is 9.90 Å². The van der Waals surface area contributed by atoms with Gasteiger partial charge in [0.15, 0.2) is 0 Å². The molecule has 2 saturated heterocycles. The molecule has 0 aromatic heterocycles. The first-order valence-corrected chi connectivity index (χ1v) is 7.44. The van der Waals surface area contributed by atoms with Crippen LogP contribution in [0, 0.1) is 5.92 Å². The Morgan fingerprint density at radius 3 is 3.00 bits per heavy atom. The maximum Gasteiger partial charge on any atom is 0.222 e. The van der Waals surface area contributed by atoms with Crippen LogP contribution in [0.2, 0.25) is 0 Å². The van der Waals surface area contributed by atoms with Gasteiger partial charge in [0.2, 0.25) is 5.91 Å². The summed E-state index contributed by atoms with van der Waals surface area (Å²) in [5.41, 5.74) is 0. The second kappa shape index (κ2) is 7.22. The van der Waals surface area contributed by atoms with Gasteiger partial charge in [-0.2, -0.15) is 0 Å². The van der Waals surface area contributed by atoms with Gasteiger partial charge in [-0.15, -0.1) is 0 Å². The fraction of sp³-hybridized carbons (Fsp3) is 0.929. The van der Waals surface area contributed by atoms with Crippen molar-refractivity contribution in [3.05, 3.63) is 0 Å². The van der Waals surface area contributed by atoms with Crippen molar-refractivity contribution in [1.29, 1.82) is 0 Å². The Morgan fingerprint density at radius 2 is 2.32 bits per heavy atom. The van der Waals surface area contributed by atoms with Gasteiger partial charge in [0.25, 0.3) is 0 Å². The quantitative estimate of drug-likeness (QED) is 0.775. The van der Waals surface area contributed by atoms with Gasteiger partial charge in [-0.1, -0.05) is 0 Å². The Balaban J connectivity index is 1.75. The average molecular weight is 270 g/mol. The van der Waals surface area contributed by atoms with Gasteiger partial charge in [-0.3, -0.25) is 4.79 Å². The zero-order chi connectivity index (χ0) is 13.7. The van der Waals surface area contributed by atoms with E-state index in [0.717, 1.165) is 19.5 Å². The van der Waals surface area contributed by atoms with Crippen molar-refractivity contribution >= 4 is 5.91 Å². The number of aliphatic hydroxyl groups is 1. The van der Waals surface area contributed by atoms with Gasteiger partial charge in [-0.05, 0) is 45.2 Å². The van der Waals surface area contributed by atoms with Crippen molar-refractivity contribution in [2.24, 2.45) is 5.92 Å². The molecule has 0 aliphatic carbocycles. The van der Waals surface area contributed by atoms with E-state index >= 15 is 0 Å². The van der Waals surface area contributed by atoms with Crippen molar-refractivity contribution in [3.8, 4) is 0 Å². The highest BCUT2D eigenvalue weighted by Crippen LogP contribution is 2.18. The molecule has 5 nitrogen and oxygen atoms in total. The number of aliphatic hydroxyl groups excluding tert-OH is 1. The van der Waals surface area contributed by atoms with Crippen molar-refractivity contribution in [3.63, 3.8) is 0 Å². The summed E-state index contributed by atoms with van der Waals surface area (Å²) in [6, 6.07) is 0. The number of nitrogens with one attached hydrogen (secondary N) is 1. The molecule has 1 amide bonds. The van der Waals surface area contributed by atoms with Crippen LogP contribution in [0.15, 0.2) is 0 Å². The summed E-state index contributed by atoms with van der Waals surface area (Å²) in [7, 11) is 0. The minimum absolute atomic E-state index is 0.0132. The molecule has 0 bridgehead atoms. The largest absolute Gasteiger partial charge is 0.394 e. The summed E-state index contributed by atoms with van der Waals surface area (Å²) in [5, 5.41) is 12.6. The molecule has 0 radical (unpaired) electrons. The molecule has 2 aliphatic heterocycles. The van der Waals surface area contributed by atoms with Crippen LogP contribution in [0.4, 0.5) is 0 Å². The van der Waals surface area contributed by atoms with E-state index in [2.05, 4.69) is 5.32 Å². The van der Waals surface area contributed by atoms with Crippen LogP contribution in [0.1, 0.15) is 32.6 Å². The number of piperidine rings is 1. The molecule has 2 fully saturated rings. The third kappa shape index (κ3) is 4.44. The lowest BCUT2D eigenvalue weighted by Crippen LogP contribution is -2.50. The monoisotopic (exact) mass is 270 g/mol. The molecule has 19 heavy (non-hydrogen) atoms. The van der Waals surface area contributed by atoms with Gasteiger partial charge in [0, 0.05) is 19.5 Å². The lowest BCUT2D eigenvalue weighted by molar-refractivity contribution is -0.147. The number of hydrogen-bond donors (Lipinski definition) is 2. The maximum atomic E-state index is 12.2. The summed E-state index contributed by atoms with van der Waals surface area (Å²) in [5.74, 6) is 0.851. The molecule has 0 spiro atoms. The first-order chi connectivity index (χ1) is 9.19. The van der Waals surface area contributed by atoms with Gasteiger partial charge in [0.1, 0.15) is 0 Å². The number of nitrogens with zero attached hydrogens (tertiary/aromatic N) is 1. The van der Waals surface area contributed by atoms with Crippen LogP contribution in [0.25, 0.3) is 0 Å². The van der Waals surface area contributed by atoms with Gasteiger partial charge >= 0.3 is 0 Å². The van der Waals surface area contributed by atoms with Crippen molar-refractivity contribution < 1.29 is 14.6 Å². The van der Waals surface area contributed by atoms with E-state index in [4.69, 9.17) is 4.74 Å². The van der Waals surface area contributed by atoms with Crippen LogP contribution in [-0.4, -0.2) is 60.9 Å². The molecule has 5 heteroatoms. The fourth-order valence-electron chi connectivity index (χ4n) is 3.01. The number of amides is 1. The first-order valence-electron chi connectivity index (χ1n) is 7.44. The number of ether oxygens (including phenoxy) is 1. The highest BCUT2D eigenvalue weighted by atomic mass is 16.5. The molecule has 3 atom stereocenters. The molecular weight excluding hydrogens is 244 g/mol. The van der Waals surface area contributed by atoms with E-state index in [1.807, 2.05) is 11.8 Å². The topological polar surface area (TPSA) is 61.8 Å².